The molecule has 10 heteroatoms. The lowest BCUT2D eigenvalue weighted by molar-refractivity contribution is -0.156. The van der Waals surface area contributed by atoms with Gasteiger partial charge in [0.2, 0.25) is 15.9 Å². The smallest absolute Gasteiger partial charge is 0.325 e. The maximum absolute atomic E-state index is 13.0. The Morgan fingerprint density at radius 2 is 1.66 bits per heavy atom. The third kappa shape index (κ3) is 5.14. The van der Waals surface area contributed by atoms with Crippen LogP contribution < -0.4 is 14.9 Å². The molecule has 1 aliphatic rings. The van der Waals surface area contributed by atoms with Crippen LogP contribution in [0, 0.1) is 5.92 Å². The number of hydrogen-bond acceptors (Lipinski definition) is 6. The number of hydrogen-bond donors (Lipinski definition) is 2. The van der Waals surface area contributed by atoms with Gasteiger partial charge < -0.3 is 10.1 Å². The van der Waals surface area contributed by atoms with E-state index in [1.54, 1.807) is 56.3 Å². The van der Waals surface area contributed by atoms with Gasteiger partial charge in [-0.2, -0.15) is 4.72 Å². The molecule has 0 aliphatic carbocycles. The van der Waals surface area contributed by atoms with Crippen LogP contribution in [0.1, 0.15) is 20.8 Å². The lowest BCUT2D eigenvalue weighted by Crippen LogP contribution is -2.50. The van der Waals surface area contributed by atoms with E-state index in [1.165, 1.54) is 24.0 Å². The second kappa shape index (κ2) is 9.49. The Kier molecular flexibility index (Phi) is 6.95. The Hall–Kier alpha value is -3.24. The highest BCUT2D eigenvalue weighted by Crippen LogP contribution is 2.29. The van der Waals surface area contributed by atoms with E-state index in [9.17, 15) is 22.8 Å². The van der Waals surface area contributed by atoms with Crippen LogP contribution in [-0.2, 0) is 29.1 Å². The Labute approximate surface area is 186 Å². The Morgan fingerprint density at radius 3 is 2.31 bits per heavy atom. The molecule has 2 aromatic rings. The van der Waals surface area contributed by atoms with Crippen molar-refractivity contribution in [2.45, 2.75) is 37.8 Å². The number of ether oxygens (including phenoxy) is 1. The van der Waals surface area contributed by atoms with Crippen LogP contribution in [0.15, 0.2) is 59.5 Å². The number of carbonyl (C=O) groups excluding carboxylic acids is 3. The average molecular weight is 460 g/mol. The number of fused-ring (bicyclic) bond motifs is 1. The summed E-state index contributed by atoms with van der Waals surface area (Å²) in [7, 11) is -3.97. The van der Waals surface area contributed by atoms with Gasteiger partial charge in [-0.1, -0.05) is 44.2 Å². The van der Waals surface area contributed by atoms with Gasteiger partial charge in [0.1, 0.15) is 12.6 Å². The SMILES string of the molecule is CC(OC(=O)C(NS(=O)(=O)c1ccccc1)C(C)C)C(=O)N1CC(=O)Nc2ccccc21. The number of benzene rings is 2. The van der Waals surface area contributed by atoms with E-state index in [-0.39, 0.29) is 17.3 Å². The van der Waals surface area contributed by atoms with Crippen LogP contribution in [0.2, 0.25) is 0 Å². The summed E-state index contributed by atoms with van der Waals surface area (Å²) < 4.78 is 33.0. The van der Waals surface area contributed by atoms with Gasteiger partial charge in [-0.25, -0.2) is 8.42 Å². The Bertz CT molecular complexity index is 1120. The molecule has 2 N–H and O–H groups in total. The van der Waals surface area contributed by atoms with Crippen LogP contribution in [-0.4, -0.2) is 44.9 Å². The predicted molar refractivity (Wildman–Crippen MR) is 118 cm³/mol. The van der Waals surface area contributed by atoms with Crippen molar-refractivity contribution in [1.82, 2.24) is 4.72 Å². The fourth-order valence-electron chi connectivity index (χ4n) is 3.24. The Balaban J connectivity index is 1.74. The number of sulfonamides is 1. The van der Waals surface area contributed by atoms with Gasteiger partial charge in [0.15, 0.2) is 6.10 Å². The number of anilines is 2. The van der Waals surface area contributed by atoms with Crippen molar-refractivity contribution in [3.05, 3.63) is 54.6 Å². The second-order valence-electron chi connectivity index (χ2n) is 7.72. The van der Waals surface area contributed by atoms with Crippen molar-refractivity contribution in [3.63, 3.8) is 0 Å². The molecule has 2 atom stereocenters. The van der Waals surface area contributed by atoms with Crippen molar-refractivity contribution in [1.29, 1.82) is 0 Å². The first-order valence-electron chi connectivity index (χ1n) is 10.1. The normalized spacial score (nSPS) is 15.5. The Morgan fingerprint density at radius 1 is 1.03 bits per heavy atom. The monoisotopic (exact) mass is 459 g/mol. The zero-order valence-electron chi connectivity index (χ0n) is 17.9. The quantitative estimate of drug-likeness (QED) is 0.610. The molecule has 0 fully saturated rings. The fraction of sp³-hybridized carbons (Fsp3) is 0.318. The van der Waals surface area contributed by atoms with Crippen LogP contribution in [0.5, 0.6) is 0 Å². The largest absolute Gasteiger partial charge is 0.451 e. The average Bonchev–Trinajstić information content (AvgIpc) is 2.76. The maximum atomic E-state index is 13.0. The van der Waals surface area contributed by atoms with Gasteiger partial charge in [0, 0.05) is 0 Å². The number of esters is 1. The standard InChI is InChI=1S/C22H25N3O6S/c1-14(2)20(24-32(29,30)16-9-5-4-6-10-16)22(28)31-15(3)21(27)25-13-19(26)23-17-11-7-8-12-18(17)25/h4-12,14-15,20,24H,13H2,1-3H3,(H,23,26). The third-order valence-electron chi connectivity index (χ3n) is 4.93. The summed E-state index contributed by atoms with van der Waals surface area (Å²) in [6.45, 7) is 4.50. The van der Waals surface area contributed by atoms with Crippen LogP contribution in [0.3, 0.4) is 0 Å². The second-order valence-corrected chi connectivity index (χ2v) is 9.44. The summed E-state index contributed by atoms with van der Waals surface area (Å²) in [5.74, 6) is -2.28. The number of amides is 2. The summed E-state index contributed by atoms with van der Waals surface area (Å²) in [6.07, 6.45) is -1.23. The number of para-hydroxylation sites is 2. The molecule has 0 aromatic heterocycles. The minimum Gasteiger partial charge on any atom is -0.451 e. The first kappa shape index (κ1) is 23.4. The van der Waals surface area contributed by atoms with Gasteiger partial charge in [0.05, 0.1) is 16.3 Å². The number of carbonyl (C=O) groups is 3. The molecule has 0 radical (unpaired) electrons. The van der Waals surface area contributed by atoms with Crippen molar-refractivity contribution < 1.29 is 27.5 Å². The van der Waals surface area contributed by atoms with E-state index in [0.717, 1.165) is 0 Å². The molecule has 1 aliphatic heterocycles. The minimum atomic E-state index is -3.97. The molecule has 32 heavy (non-hydrogen) atoms. The lowest BCUT2D eigenvalue weighted by Gasteiger charge is -2.31. The zero-order valence-corrected chi connectivity index (χ0v) is 18.8. The van der Waals surface area contributed by atoms with Crippen molar-refractivity contribution in [3.8, 4) is 0 Å². The topological polar surface area (TPSA) is 122 Å². The summed E-state index contributed by atoms with van der Waals surface area (Å²) in [5, 5.41) is 2.68. The third-order valence-corrected chi connectivity index (χ3v) is 6.39. The first-order valence-corrected chi connectivity index (χ1v) is 11.6. The van der Waals surface area contributed by atoms with E-state index in [4.69, 9.17) is 4.74 Å². The highest BCUT2D eigenvalue weighted by molar-refractivity contribution is 7.89. The van der Waals surface area contributed by atoms with E-state index in [1.807, 2.05) is 0 Å². The van der Waals surface area contributed by atoms with Gasteiger partial charge in [-0.05, 0) is 37.1 Å². The number of nitrogens with one attached hydrogen (secondary N) is 2. The molecule has 0 saturated heterocycles. The van der Waals surface area contributed by atoms with Crippen molar-refractivity contribution in [2.75, 3.05) is 16.8 Å². The summed E-state index contributed by atoms with van der Waals surface area (Å²) >= 11 is 0. The highest BCUT2D eigenvalue weighted by atomic mass is 32.2. The van der Waals surface area contributed by atoms with Gasteiger partial charge in [-0.3, -0.25) is 19.3 Å². The molecule has 3 rings (SSSR count). The molecule has 9 nitrogen and oxygen atoms in total. The molecule has 1 heterocycles. The van der Waals surface area contributed by atoms with E-state index < -0.39 is 40.0 Å². The molecule has 2 aromatic carbocycles. The molecule has 2 unspecified atom stereocenters. The molecule has 0 bridgehead atoms. The minimum absolute atomic E-state index is 0.0125. The predicted octanol–water partition coefficient (Wildman–Crippen LogP) is 1.91. The van der Waals surface area contributed by atoms with Gasteiger partial charge in [-0.15, -0.1) is 0 Å². The molecule has 0 spiro atoms. The van der Waals surface area contributed by atoms with Crippen molar-refractivity contribution >= 4 is 39.2 Å². The molecular formula is C22H25N3O6S. The summed E-state index contributed by atoms with van der Waals surface area (Å²) in [5.41, 5.74) is 0.969. The molecular weight excluding hydrogens is 434 g/mol. The number of nitrogens with zero attached hydrogens (tertiary/aromatic N) is 1. The van der Waals surface area contributed by atoms with Crippen LogP contribution >= 0.6 is 0 Å². The van der Waals surface area contributed by atoms with Crippen LogP contribution in [0.4, 0.5) is 11.4 Å². The molecule has 170 valence electrons. The maximum Gasteiger partial charge on any atom is 0.325 e. The van der Waals surface area contributed by atoms with E-state index >= 15 is 0 Å². The van der Waals surface area contributed by atoms with E-state index in [0.29, 0.717) is 11.4 Å². The fourth-order valence-corrected chi connectivity index (χ4v) is 4.59. The van der Waals surface area contributed by atoms with E-state index in [2.05, 4.69) is 10.0 Å². The zero-order chi connectivity index (χ0) is 23.5. The van der Waals surface area contributed by atoms with Crippen molar-refractivity contribution in [2.24, 2.45) is 5.92 Å². The molecule has 2 amide bonds. The van der Waals surface area contributed by atoms with Gasteiger partial charge >= 0.3 is 5.97 Å². The van der Waals surface area contributed by atoms with Crippen LogP contribution in [0.25, 0.3) is 0 Å². The van der Waals surface area contributed by atoms with Gasteiger partial charge in [0.25, 0.3) is 5.91 Å². The molecule has 0 saturated carbocycles. The lowest BCUT2D eigenvalue weighted by atomic mass is 10.1. The first-order chi connectivity index (χ1) is 15.1. The summed E-state index contributed by atoms with van der Waals surface area (Å²) in [4.78, 5) is 39.0. The highest BCUT2D eigenvalue weighted by Gasteiger charge is 2.35. The number of rotatable bonds is 7. The summed E-state index contributed by atoms with van der Waals surface area (Å²) in [6, 6.07) is 13.2.